The smallest absolute Gasteiger partial charge is 0.130 e. The summed E-state index contributed by atoms with van der Waals surface area (Å²) < 4.78 is 26.5. The van der Waals surface area contributed by atoms with E-state index in [0.29, 0.717) is 5.56 Å². The van der Waals surface area contributed by atoms with Crippen LogP contribution in [0.1, 0.15) is 18.5 Å². The summed E-state index contributed by atoms with van der Waals surface area (Å²) in [6.45, 7) is 8.03. The zero-order valence-corrected chi connectivity index (χ0v) is 12.2. The molecular formula is C15H23F2N3. The van der Waals surface area contributed by atoms with Crippen LogP contribution >= 0.6 is 0 Å². The van der Waals surface area contributed by atoms with E-state index in [1.54, 1.807) is 0 Å². The van der Waals surface area contributed by atoms with Gasteiger partial charge in [-0.25, -0.2) is 8.78 Å². The fourth-order valence-electron chi connectivity index (χ4n) is 2.47. The van der Waals surface area contributed by atoms with Gasteiger partial charge in [0, 0.05) is 56.9 Å². The molecule has 1 unspecified atom stereocenters. The van der Waals surface area contributed by atoms with Gasteiger partial charge in [-0.2, -0.15) is 0 Å². The van der Waals surface area contributed by atoms with Crippen LogP contribution in [0, 0.1) is 11.6 Å². The minimum Gasteiger partial charge on any atom is -0.309 e. The van der Waals surface area contributed by atoms with Gasteiger partial charge < -0.3 is 10.2 Å². The Morgan fingerprint density at radius 1 is 1.20 bits per heavy atom. The molecule has 3 nitrogen and oxygen atoms in total. The number of likely N-dealkylation sites (N-methyl/N-ethyl adjacent to an activating group) is 1. The standard InChI is InChI=1S/C15H23F2N3/c1-12(14-4-3-13(16)11-15(14)17)18-5-6-20-9-7-19(2)8-10-20/h3-4,11-12,18H,5-10H2,1-2H3. The van der Waals surface area contributed by atoms with Crippen LogP contribution in [0.2, 0.25) is 0 Å². The van der Waals surface area contributed by atoms with Crippen molar-refractivity contribution in [3.8, 4) is 0 Å². The number of benzene rings is 1. The molecule has 1 fully saturated rings. The summed E-state index contributed by atoms with van der Waals surface area (Å²) in [6, 6.07) is 3.64. The maximum Gasteiger partial charge on any atom is 0.130 e. The van der Waals surface area contributed by atoms with Crippen molar-refractivity contribution in [2.24, 2.45) is 0 Å². The fourth-order valence-corrected chi connectivity index (χ4v) is 2.47. The van der Waals surface area contributed by atoms with Crippen molar-refractivity contribution in [2.75, 3.05) is 46.3 Å². The van der Waals surface area contributed by atoms with Crippen molar-refractivity contribution in [3.05, 3.63) is 35.4 Å². The zero-order valence-electron chi connectivity index (χ0n) is 12.2. The molecule has 0 aliphatic carbocycles. The molecule has 0 saturated carbocycles. The van der Waals surface area contributed by atoms with Crippen molar-refractivity contribution in [3.63, 3.8) is 0 Å². The van der Waals surface area contributed by atoms with Gasteiger partial charge in [-0.05, 0) is 20.0 Å². The van der Waals surface area contributed by atoms with Crippen LogP contribution in [0.5, 0.6) is 0 Å². The summed E-state index contributed by atoms with van der Waals surface area (Å²) in [4.78, 5) is 4.72. The molecule has 0 amide bonds. The lowest BCUT2D eigenvalue weighted by molar-refractivity contribution is 0.154. The molecule has 0 bridgehead atoms. The largest absolute Gasteiger partial charge is 0.309 e. The molecule has 1 heterocycles. The average Bonchev–Trinajstić information content (AvgIpc) is 2.41. The molecule has 20 heavy (non-hydrogen) atoms. The predicted octanol–water partition coefficient (Wildman–Crippen LogP) is 1.86. The van der Waals surface area contributed by atoms with E-state index in [0.717, 1.165) is 45.3 Å². The number of piperazine rings is 1. The van der Waals surface area contributed by atoms with Gasteiger partial charge in [0.1, 0.15) is 11.6 Å². The van der Waals surface area contributed by atoms with Crippen LogP contribution in [0.3, 0.4) is 0 Å². The molecule has 5 heteroatoms. The second-order valence-electron chi connectivity index (χ2n) is 5.49. The van der Waals surface area contributed by atoms with Gasteiger partial charge in [-0.3, -0.25) is 4.90 Å². The lowest BCUT2D eigenvalue weighted by Gasteiger charge is -2.32. The summed E-state index contributed by atoms with van der Waals surface area (Å²) in [5.41, 5.74) is 0.518. The van der Waals surface area contributed by atoms with Crippen molar-refractivity contribution in [2.45, 2.75) is 13.0 Å². The average molecular weight is 283 g/mol. The van der Waals surface area contributed by atoms with Crippen LogP contribution in [0.4, 0.5) is 8.78 Å². The zero-order chi connectivity index (χ0) is 14.5. The van der Waals surface area contributed by atoms with Crippen LogP contribution in [0.15, 0.2) is 18.2 Å². The summed E-state index contributed by atoms with van der Waals surface area (Å²) >= 11 is 0. The highest BCUT2D eigenvalue weighted by Gasteiger charge is 2.14. The summed E-state index contributed by atoms with van der Waals surface area (Å²) in [7, 11) is 2.13. The number of hydrogen-bond donors (Lipinski definition) is 1. The lowest BCUT2D eigenvalue weighted by Crippen LogP contribution is -2.46. The van der Waals surface area contributed by atoms with Gasteiger partial charge >= 0.3 is 0 Å². The number of rotatable bonds is 5. The fraction of sp³-hybridized carbons (Fsp3) is 0.600. The van der Waals surface area contributed by atoms with Crippen molar-refractivity contribution >= 4 is 0 Å². The number of nitrogens with one attached hydrogen (secondary N) is 1. The second kappa shape index (κ2) is 7.11. The van der Waals surface area contributed by atoms with E-state index in [-0.39, 0.29) is 6.04 Å². The molecule has 1 aromatic rings. The number of halogens is 2. The third kappa shape index (κ3) is 4.23. The SMILES string of the molecule is CC(NCCN1CCN(C)CC1)c1ccc(F)cc1F. The highest BCUT2D eigenvalue weighted by atomic mass is 19.1. The third-order valence-electron chi connectivity index (χ3n) is 3.90. The first-order valence-corrected chi connectivity index (χ1v) is 7.15. The normalized spacial score (nSPS) is 19.2. The Labute approximate surface area is 119 Å². The van der Waals surface area contributed by atoms with E-state index in [9.17, 15) is 8.78 Å². The molecule has 1 aromatic carbocycles. The summed E-state index contributed by atoms with van der Waals surface area (Å²) in [6.07, 6.45) is 0. The minimum absolute atomic E-state index is 0.108. The topological polar surface area (TPSA) is 18.5 Å². The summed E-state index contributed by atoms with van der Waals surface area (Å²) in [5.74, 6) is -1.01. The molecule has 112 valence electrons. The first-order valence-electron chi connectivity index (χ1n) is 7.15. The molecule has 0 spiro atoms. The quantitative estimate of drug-likeness (QED) is 0.890. The van der Waals surface area contributed by atoms with Crippen molar-refractivity contribution < 1.29 is 8.78 Å². The molecule has 1 atom stereocenters. The number of nitrogens with zero attached hydrogens (tertiary/aromatic N) is 2. The molecule has 0 radical (unpaired) electrons. The Kier molecular flexibility index (Phi) is 5.46. The predicted molar refractivity (Wildman–Crippen MR) is 76.7 cm³/mol. The molecule has 1 aliphatic rings. The van der Waals surface area contributed by atoms with E-state index in [1.165, 1.54) is 12.1 Å². The van der Waals surface area contributed by atoms with E-state index < -0.39 is 11.6 Å². The van der Waals surface area contributed by atoms with Crippen molar-refractivity contribution in [1.29, 1.82) is 0 Å². The maximum absolute atomic E-state index is 13.6. The van der Waals surface area contributed by atoms with Gasteiger partial charge in [-0.1, -0.05) is 6.07 Å². The van der Waals surface area contributed by atoms with E-state index in [1.807, 2.05) is 6.92 Å². The van der Waals surface area contributed by atoms with Gasteiger partial charge in [-0.15, -0.1) is 0 Å². The van der Waals surface area contributed by atoms with Crippen LogP contribution in [-0.4, -0.2) is 56.1 Å². The van der Waals surface area contributed by atoms with Crippen LogP contribution in [-0.2, 0) is 0 Å². The van der Waals surface area contributed by atoms with Crippen LogP contribution in [0.25, 0.3) is 0 Å². The first kappa shape index (κ1) is 15.4. The first-order chi connectivity index (χ1) is 9.56. The van der Waals surface area contributed by atoms with E-state index >= 15 is 0 Å². The van der Waals surface area contributed by atoms with E-state index in [2.05, 4.69) is 22.2 Å². The molecule has 1 N–H and O–H groups in total. The van der Waals surface area contributed by atoms with Gasteiger partial charge in [0.15, 0.2) is 0 Å². The molecule has 2 rings (SSSR count). The Balaban J connectivity index is 1.76. The molecule has 1 saturated heterocycles. The molecule has 1 aliphatic heterocycles. The highest BCUT2D eigenvalue weighted by Crippen LogP contribution is 2.17. The second-order valence-corrected chi connectivity index (χ2v) is 5.49. The monoisotopic (exact) mass is 283 g/mol. The Bertz CT molecular complexity index is 431. The molecular weight excluding hydrogens is 260 g/mol. The number of hydrogen-bond acceptors (Lipinski definition) is 3. The summed E-state index contributed by atoms with van der Waals surface area (Å²) in [5, 5.41) is 3.30. The molecule has 0 aromatic heterocycles. The van der Waals surface area contributed by atoms with Crippen molar-refractivity contribution in [1.82, 2.24) is 15.1 Å². The van der Waals surface area contributed by atoms with Gasteiger partial charge in [0.25, 0.3) is 0 Å². The Morgan fingerprint density at radius 2 is 1.90 bits per heavy atom. The maximum atomic E-state index is 13.6. The minimum atomic E-state index is -0.532. The Morgan fingerprint density at radius 3 is 2.55 bits per heavy atom. The van der Waals surface area contributed by atoms with Gasteiger partial charge in [0.2, 0.25) is 0 Å². The highest BCUT2D eigenvalue weighted by molar-refractivity contribution is 5.21. The third-order valence-corrected chi connectivity index (χ3v) is 3.90. The lowest BCUT2D eigenvalue weighted by atomic mass is 10.1. The van der Waals surface area contributed by atoms with Gasteiger partial charge in [0.05, 0.1) is 0 Å². The van der Waals surface area contributed by atoms with E-state index in [4.69, 9.17) is 0 Å². The Hall–Kier alpha value is -1.04. The van der Waals surface area contributed by atoms with Crippen LogP contribution < -0.4 is 5.32 Å².